The average molecular weight is 286 g/mol. The molecule has 0 unspecified atom stereocenters. The molecule has 4 heteroatoms. The van der Waals surface area contributed by atoms with Gasteiger partial charge in [0.15, 0.2) is 5.65 Å². The van der Waals surface area contributed by atoms with Gasteiger partial charge in [0, 0.05) is 11.9 Å². The Bertz CT molecular complexity index is 762. The quantitative estimate of drug-likeness (QED) is 0.680. The largest absolute Gasteiger partial charge is 0.280 e. The van der Waals surface area contributed by atoms with E-state index in [1.807, 2.05) is 19.2 Å². The molecule has 0 radical (unpaired) electrons. The Balaban J connectivity index is 2.31. The maximum absolute atomic E-state index is 6.07. The lowest BCUT2D eigenvalue weighted by molar-refractivity contribution is 0.964. The van der Waals surface area contributed by atoms with E-state index >= 15 is 0 Å². The van der Waals surface area contributed by atoms with Gasteiger partial charge in [-0.05, 0) is 42.7 Å². The van der Waals surface area contributed by atoms with Crippen LogP contribution in [0, 0.1) is 6.92 Å². The molecule has 0 N–H and O–H groups in total. The molecule has 3 rings (SSSR count). The zero-order chi connectivity index (χ0) is 14.1. The minimum atomic E-state index is 0.367. The van der Waals surface area contributed by atoms with E-state index in [0.29, 0.717) is 5.88 Å². The summed E-state index contributed by atoms with van der Waals surface area (Å²) in [4.78, 5) is 9.12. The van der Waals surface area contributed by atoms with Crippen molar-refractivity contribution in [3.05, 3.63) is 53.5 Å². The van der Waals surface area contributed by atoms with Crippen molar-refractivity contribution in [2.45, 2.75) is 26.1 Å². The van der Waals surface area contributed by atoms with Crippen LogP contribution in [-0.4, -0.2) is 14.5 Å². The maximum atomic E-state index is 6.07. The fourth-order valence-corrected chi connectivity index (χ4v) is 2.59. The van der Waals surface area contributed by atoms with Gasteiger partial charge in [-0.3, -0.25) is 4.57 Å². The Hall–Kier alpha value is -1.87. The van der Waals surface area contributed by atoms with Gasteiger partial charge in [0.05, 0.1) is 5.88 Å². The van der Waals surface area contributed by atoms with Gasteiger partial charge in [0.1, 0.15) is 11.3 Å². The molecule has 1 aromatic carbocycles. The number of pyridine rings is 1. The lowest BCUT2D eigenvalue weighted by atomic mass is 10.1. The summed E-state index contributed by atoms with van der Waals surface area (Å²) in [5.74, 6) is 1.20. The van der Waals surface area contributed by atoms with Crippen LogP contribution in [0.4, 0.5) is 0 Å². The molecule has 3 aromatic rings. The van der Waals surface area contributed by atoms with Crippen molar-refractivity contribution in [3.8, 4) is 5.69 Å². The van der Waals surface area contributed by atoms with Gasteiger partial charge in [0.2, 0.25) is 0 Å². The number of hydrogen-bond acceptors (Lipinski definition) is 2. The maximum Gasteiger partial charge on any atom is 0.164 e. The molecule has 102 valence electrons. The molecular weight excluding hydrogens is 270 g/mol. The molecule has 0 spiro atoms. The SMILES string of the molecule is CCc1cccc(-n2c(CCl)nc3c(C)ccnc32)c1. The number of fused-ring (bicyclic) bond motifs is 1. The summed E-state index contributed by atoms with van der Waals surface area (Å²) in [6.07, 6.45) is 2.82. The molecule has 0 bridgehead atoms. The third kappa shape index (κ3) is 2.08. The molecule has 0 aliphatic rings. The predicted octanol–water partition coefficient (Wildman–Crippen LogP) is 4.03. The molecule has 0 aliphatic heterocycles. The topological polar surface area (TPSA) is 30.7 Å². The van der Waals surface area contributed by atoms with Crippen LogP contribution in [0.15, 0.2) is 36.5 Å². The monoisotopic (exact) mass is 285 g/mol. The van der Waals surface area contributed by atoms with Crippen LogP contribution in [-0.2, 0) is 12.3 Å². The van der Waals surface area contributed by atoms with E-state index in [1.165, 1.54) is 5.56 Å². The second-order valence-corrected chi connectivity index (χ2v) is 5.09. The number of aryl methyl sites for hydroxylation is 2. The Morgan fingerprint density at radius 1 is 1.25 bits per heavy atom. The standard InChI is InChI=1S/C16H16ClN3/c1-3-12-5-4-6-13(9-12)20-14(10-17)19-15-11(2)7-8-18-16(15)20/h4-9H,3,10H2,1-2H3. The van der Waals surface area contributed by atoms with Crippen molar-refractivity contribution in [2.75, 3.05) is 0 Å². The van der Waals surface area contributed by atoms with Crippen LogP contribution in [0.2, 0.25) is 0 Å². The minimum Gasteiger partial charge on any atom is -0.280 e. The summed E-state index contributed by atoms with van der Waals surface area (Å²) in [5.41, 5.74) is 5.27. The molecular formula is C16H16ClN3. The normalized spacial score (nSPS) is 11.2. The summed E-state index contributed by atoms with van der Waals surface area (Å²) >= 11 is 6.07. The lowest BCUT2D eigenvalue weighted by Crippen LogP contribution is -2.01. The lowest BCUT2D eigenvalue weighted by Gasteiger charge is -2.08. The number of benzene rings is 1. The highest BCUT2D eigenvalue weighted by molar-refractivity contribution is 6.17. The first-order valence-electron chi connectivity index (χ1n) is 6.72. The molecule has 0 saturated heterocycles. The first kappa shape index (κ1) is 13.1. The Morgan fingerprint density at radius 3 is 2.85 bits per heavy atom. The summed E-state index contributed by atoms with van der Waals surface area (Å²) < 4.78 is 2.05. The average Bonchev–Trinajstić information content (AvgIpc) is 2.87. The third-order valence-electron chi connectivity index (χ3n) is 3.51. The summed E-state index contributed by atoms with van der Waals surface area (Å²) in [7, 11) is 0. The zero-order valence-electron chi connectivity index (χ0n) is 11.6. The van der Waals surface area contributed by atoms with Crippen molar-refractivity contribution < 1.29 is 0 Å². The predicted molar refractivity (Wildman–Crippen MR) is 82.5 cm³/mol. The van der Waals surface area contributed by atoms with Gasteiger partial charge >= 0.3 is 0 Å². The van der Waals surface area contributed by atoms with E-state index in [1.54, 1.807) is 0 Å². The van der Waals surface area contributed by atoms with E-state index in [9.17, 15) is 0 Å². The van der Waals surface area contributed by atoms with E-state index in [-0.39, 0.29) is 0 Å². The Labute approximate surface area is 123 Å². The smallest absolute Gasteiger partial charge is 0.164 e. The fraction of sp³-hybridized carbons (Fsp3) is 0.250. The number of hydrogen-bond donors (Lipinski definition) is 0. The fourth-order valence-electron chi connectivity index (χ4n) is 2.42. The number of imidazole rings is 1. The number of halogens is 1. The second kappa shape index (κ2) is 5.25. The summed E-state index contributed by atoms with van der Waals surface area (Å²) in [6.45, 7) is 4.19. The highest BCUT2D eigenvalue weighted by atomic mass is 35.5. The number of aromatic nitrogens is 3. The van der Waals surface area contributed by atoms with Crippen molar-refractivity contribution >= 4 is 22.8 Å². The molecule has 20 heavy (non-hydrogen) atoms. The molecule has 0 saturated carbocycles. The van der Waals surface area contributed by atoms with E-state index < -0.39 is 0 Å². The second-order valence-electron chi connectivity index (χ2n) is 4.82. The molecule has 0 fully saturated rings. The Kier molecular flexibility index (Phi) is 3.45. The van der Waals surface area contributed by atoms with Gasteiger partial charge in [-0.15, -0.1) is 11.6 Å². The minimum absolute atomic E-state index is 0.367. The van der Waals surface area contributed by atoms with Gasteiger partial charge < -0.3 is 0 Å². The molecule has 0 aliphatic carbocycles. The molecule has 2 heterocycles. The summed E-state index contributed by atoms with van der Waals surface area (Å²) in [6, 6.07) is 10.4. The highest BCUT2D eigenvalue weighted by Gasteiger charge is 2.14. The third-order valence-corrected chi connectivity index (χ3v) is 3.75. The van der Waals surface area contributed by atoms with Crippen LogP contribution >= 0.6 is 11.6 Å². The zero-order valence-corrected chi connectivity index (χ0v) is 12.4. The summed E-state index contributed by atoms with van der Waals surface area (Å²) in [5, 5.41) is 0. The molecule has 3 nitrogen and oxygen atoms in total. The number of rotatable bonds is 3. The van der Waals surface area contributed by atoms with E-state index in [4.69, 9.17) is 11.6 Å². The van der Waals surface area contributed by atoms with Crippen molar-refractivity contribution in [2.24, 2.45) is 0 Å². The van der Waals surface area contributed by atoms with Crippen LogP contribution in [0.25, 0.3) is 16.9 Å². The first-order chi connectivity index (χ1) is 9.74. The van der Waals surface area contributed by atoms with Crippen molar-refractivity contribution in [3.63, 3.8) is 0 Å². The van der Waals surface area contributed by atoms with Crippen LogP contribution in [0.1, 0.15) is 23.9 Å². The highest BCUT2D eigenvalue weighted by Crippen LogP contribution is 2.23. The van der Waals surface area contributed by atoms with Crippen molar-refractivity contribution in [1.29, 1.82) is 0 Å². The van der Waals surface area contributed by atoms with E-state index in [0.717, 1.165) is 34.7 Å². The number of alkyl halides is 1. The first-order valence-corrected chi connectivity index (χ1v) is 7.26. The van der Waals surface area contributed by atoms with Crippen LogP contribution in [0.3, 0.4) is 0 Å². The van der Waals surface area contributed by atoms with Gasteiger partial charge in [-0.25, -0.2) is 9.97 Å². The van der Waals surface area contributed by atoms with Crippen molar-refractivity contribution in [1.82, 2.24) is 14.5 Å². The van der Waals surface area contributed by atoms with Gasteiger partial charge in [0.25, 0.3) is 0 Å². The molecule has 0 amide bonds. The van der Waals surface area contributed by atoms with Gasteiger partial charge in [-0.2, -0.15) is 0 Å². The van der Waals surface area contributed by atoms with Crippen LogP contribution in [0.5, 0.6) is 0 Å². The molecule has 0 atom stereocenters. The van der Waals surface area contributed by atoms with Crippen LogP contribution < -0.4 is 0 Å². The van der Waals surface area contributed by atoms with E-state index in [2.05, 4.69) is 45.7 Å². The van der Waals surface area contributed by atoms with Gasteiger partial charge in [-0.1, -0.05) is 19.1 Å². The number of nitrogens with zero attached hydrogens (tertiary/aromatic N) is 3. The molecule has 2 aromatic heterocycles. The Morgan fingerprint density at radius 2 is 2.10 bits per heavy atom.